The van der Waals surface area contributed by atoms with Crippen LogP contribution in [0.4, 0.5) is 17.6 Å². The van der Waals surface area contributed by atoms with Crippen molar-refractivity contribution in [3.63, 3.8) is 0 Å². The first-order valence-corrected chi connectivity index (χ1v) is 8.71. The maximum Gasteiger partial charge on any atom is 0.234 e. The van der Waals surface area contributed by atoms with E-state index in [4.69, 9.17) is 0 Å². The van der Waals surface area contributed by atoms with E-state index in [1.807, 2.05) is 0 Å². The number of rotatable bonds is 3. The Morgan fingerprint density at radius 3 is 2.50 bits per heavy atom. The van der Waals surface area contributed by atoms with Gasteiger partial charge in [0, 0.05) is 5.56 Å². The summed E-state index contributed by atoms with van der Waals surface area (Å²) < 4.78 is 53.9. The van der Waals surface area contributed by atoms with Crippen molar-refractivity contribution in [2.45, 2.75) is 11.9 Å². The minimum Gasteiger partial charge on any atom is -0.321 e. The zero-order chi connectivity index (χ0) is 17.4. The highest BCUT2D eigenvalue weighted by Gasteiger charge is 2.34. The lowest BCUT2D eigenvalue weighted by Gasteiger charge is -2.25. The van der Waals surface area contributed by atoms with Gasteiger partial charge < -0.3 is 4.90 Å². The van der Waals surface area contributed by atoms with E-state index >= 15 is 0 Å². The van der Waals surface area contributed by atoms with Crippen LogP contribution in [0.15, 0.2) is 34.8 Å². The SMILES string of the molecule is O=C1CSC(c2ccc(F)c(Br)c2)N1Cc1ccc(F)c(F)c1F. The lowest BCUT2D eigenvalue weighted by molar-refractivity contribution is -0.128. The third-order valence-corrected chi connectivity index (χ3v) is 5.52. The van der Waals surface area contributed by atoms with Crippen molar-refractivity contribution in [1.29, 1.82) is 0 Å². The van der Waals surface area contributed by atoms with Gasteiger partial charge in [-0.1, -0.05) is 12.1 Å². The van der Waals surface area contributed by atoms with Gasteiger partial charge in [-0.2, -0.15) is 0 Å². The minimum atomic E-state index is -1.56. The van der Waals surface area contributed by atoms with Gasteiger partial charge in [-0.3, -0.25) is 4.79 Å². The number of hydrogen-bond acceptors (Lipinski definition) is 2. The molecular weight excluding hydrogens is 410 g/mol. The number of benzene rings is 2. The molecule has 2 nitrogen and oxygen atoms in total. The molecule has 0 saturated carbocycles. The number of halogens is 5. The van der Waals surface area contributed by atoms with Gasteiger partial charge in [0.25, 0.3) is 0 Å². The summed E-state index contributed by atoms with van der Waals surface area (Å²) in [7, 11) is 0. The molecule has 0 N–H and O–H groups in total. The Hall–Kier alpha value is -1.54. The lowest BCUT2D eigenvalue weighted by atomic mass is 10.1. The first-order chi connectivity index (χ1) is 11.4. The summed E-state index contributed by atoms with van der Waals surface area (Å²) in [5.74, 6) is -4.67. The lowest BCUT2D eigenvalue weighted by Crippen LogP contribution is -2.28. The van der Waals surface area contributed by atoms with Crippen LogP contribution in [0.1, 0.15) is 16.5 Å². The van der Waals surface area contributed by atoms with Gasteiger partial charge in [0.2, 0.25) is 5.91 Å². The van der Waals surface area contributed by atoms with Crippen molar-refractivity contribution in [2.75, 3.05) is 5.75 Å². The number of carbonyl (C=O) groups excluding carboxylic acids is 1. The molecule has 2 aromatic carbocycles. The van der Waals surface area contributed by atoms with E-state index in [1.54, 1.807) is 6.07 Å². The maximum atomic E-state index is 13.9. The fraction of sp³-hybridized carbons (Fsp3) is 0.188. The maximum absolute atomic E-state index is 13.9. The molecule has 1 atom stereocenters. The first-order valence-electron chi connectivity index (χ1n) is 6.87. The van der Waals surface area contributed by atoms with Gasteiger partial charge in [-0.15, -0.1) is 11.8 Å². The molecule has 0 aromatic heterocycles. The zero-order valence-electron chi connectivity index (χ0n) is 12.0. The summed E-state index contributed by atoms with van der Waals surface area (Å²) in [6, 6.07) is 6.27. The molecule has 0 radical (unpaired) electrons. The smallest absolute Gasteiger partial charge is 0.234 e. The molecule has 1 unspecified atom stereocenters. The van der Waals surface area contributed by atoms with E-state index in [9.17, 15) is 22.4 Å². The molecule has 1 aliphatic heterocycles. The second-order valence-electron chi connectivity index (χ2n) is 5.19. The van der Waals surface area contributed by atoms with Crippen LogP contribution >= 0.6 is 27.7 Å². The second-order valence-corrected chi connectivity index (χ2v) is 7.12. The van der Waals surface area contributed by atoms with E-state index in [-0.39, 0.29) is 28.2 Å². The van der Waals surface area contributed by atoms with Gasteiger partial charge in [-0.25, -0.2) is 17.6 Å². The molecule has 0 aliphatic carbocycles. The number of carbonyl (C=O) groups is 1. The van der Waals surface area contributed by atoms with Crippen LogP contribution < -0.4 is 0 Å². The van der Waals surface area contributed by atoms with E-state index in [1.165, 1.54) is 28.8 Å². The Morgan fingerprint density at radius 1 is 1.08 bits per heavy atom. The molecule has 1 fully saturated rings. The number of thioether (sulfide) groups is 1. The summed E-state index contributed by atoms with van der Waals surface area (Å²) in [6.07, 6.45) is 0. The largest absolute Gasteiger partial charge is 0.321 e. The molecular formula is C16H10BrF4NOS. The highest BCUT2D eigenvalue weighted by atomic mass is 79.9. The summed E-state index contributed by atoms with van der Waals surface area (Å²) in [5.41, 5.74) is 0.540. The summed E-state index contributed by atoms with van der Waals surface area (Å²) in [4.78, 5) is 13.5. The standard InChI is InChI=1S/C16H10BrF4NOS/c17-10-5-8(1-3-11(10)18)16-22(13(23)7-24-16)6-9-2-4-12(19)15(21)14(9)20/h1-5,16H,6-7H2. The molecule has 126 valence electrons. The Labute approximate surface area is 148 Å². The normalized spacial score (nSPS) is 17.6. The van der Waals surface area contributed by atoms with Crippen LogP contribution in [0, 0.1) is 23.3 Å². The molecule has 0 spiro atoms. The molecule has 1 saturated heterocycles. The van der Waals surface area contributed by atoms with Crippen LogP contribution in [-0.4, -0.2) is 16.6 Å². The van der Waals surface area contributed by atoms with Gasteiger partial charge in [0.05, 0.1) is 16.8 Å². The molecule has 0 bridgehead atoms. The third-order valence-electron chi connectivity index (χ3n) is 3.65. The quantitative estimate of drug-likeness (QED) is 0.526. The summed E-state index contributed by atoms with van der Waals surface area (Å²) in [6.45, 7) is -0.200. The van der Waals surface area contributed by atoms with E-state index in [0.717, 1.165) is 12.1 Å². The van der Waals surface area contributed by atoms with Crippen molar-refractivity contribution < 1.29 is 22.4 Å². The zero-order valence-corrected chi connectivity index (χ0v) is 14.4. The predicted octanol–water partition coefficient (Wildman–Crippen LogP) is 4.78. The molecule has 24 heavy (non-hydrogen) atoms. The first kappa shape index (κ1) is 17.3. The van der Waals surface area contributed by atoms with Crippen LogP contribution in [0.2, 0.25) is 0 Å². The van der Waals surface area contributed by atoms with Gasteiger partial charge in [-0.05, 0) is 39.7 Å². The van der Waals surface area contributed by atoms with E-state index in [0.29, 0.717) is 5.56 Å². The van der Waals surface area contributed by atoms with E-state index < -0.39 is 28.6 Å². The average molecular weight is 420 g/mol. The Morgan fingerprint density at radius 2 is 1.79 bits per heavy atom. The number of amides is 1. The summed E-state index contributed by atoms with van der Waals surface area (Å²) >= 11 is 4.39. The number of nitrogens with zero attached hydrogens (tertiary/aromatic N) is 1. The van der Waals surface area contributed by atoms with E-state index in [2.05, 4.69) is 15.9 Å². The Balaban J connectivity index is 1.91. The molecule has 2 aromatic rings. The average Bonchev–Trinajstić information content (AvgIpc) is 2.91. The van der Waals surface area contributed by atoms with Gasteiger partial charge >= 0.3 is 0 Å². The van der Waals surface area contributed by atoms with Crippen molar-refractivity contribution in [3.8, 4) is 0 Å². The highest BCUT2D eigenvalue weighted by molar-refractivity contribution is 9.10. The number of hydrogen-bond donors (Lipinski definition) is 0. The Kier molecular flexibility index (Phi) is 4.87. The van der Waals surface area contributed by atoms with Crippen molar-refractivity contribution in [3.05, 3.63) is 69.2 Å². The monoisotopic (exact) mass is 419 g/mol. The van der Waals surface area contributed by atoms with Crippen LogP contribution in [0.5, 0.6) is 0 Å². The second kappa shape index (κ2) is 6.76. The molecule has 8 heteroatoms. The fourth-order valence-corrected chi connectivity index (χ4v) is 4.01. The van der Waals surface area contributed by atoms with Crippen LogP contribution in [0.3, 0.4) is 0 Å². The van der Waals surface area contributed by atoms with Crippen molar-refractivity contribution >= 4 is 33.6 Å². The molecule has 1 heterocycles. The van der Waals surface area contributed by atoms with Crippen molar-refractivity contribution in [1.82, 2.24) is 4.90 Å². The molecule has 1 aliphatic rings. The highest BCUT2D eigenvalue weighted by Crippen LogP contribution is 2.40. The minimum absolute atomic E-state index is 0.115. The summed E-state index contributed by atoms with van der Waals surface area (Å²) in [5, 5.41) is -0.457. The molecule has 3 rings (SSSR count). The fourth-order valence-electron chi connectivity index (χ4n) is 2.44. The predicted molar refractivity (Wildman–Crippen MR) is 86.2 cm³/mol. The van der Waals surface area contributed by atoms with Gasteiger partial charge in [0.1, 0.15) is 11.2 Å². The van der Waals surface area contributed by atoms with Crippen molar-refractivity contribution in [2.24, 2.45) is 0 Å². The van der Waals surface area contributed by atoms with Crippen LogP contribution in [0.25, 0.3) is 0 Å². The van der Waals surface area contributed by atoms with Crippen LogP contribution in [-0.2, 0) is 11.3 Å². The Bertz CT molecular complexity index is 817. The van der Waals surface area contributed by atoms with Gasteiger partial charge in [0.15, 0.2) is 17.5 Å². The third kappa shape index (κ3) is 3.17. The topological polar surface area (TPSA) is 20.3 Å². The molecule has 1 amide bonds.